The number of rotatable bonds is 8. The van der Waals surface area contributed by atoms with Crippen LogP contribution in [0.15, 0.2) is 66.7 Å². The highest BCUT2D eigenvalue weighted by molar-refractivity contribution is 6.31. The molecule has 2 N–H and O–H groups in total. The van der Waals surface area contributed by atoms with E-state index in [1.807, 2.05) is 6.92 Å². The minimum atomic E-state index is -1.12. The van der Waals surface area contributed by atoms with Crippen molar-refractivity contribution in [1.29, 1.82) is 0 Å². The van der Waals surface area contributed by atoms with Gasteiger partial charge in [-0.25, -0.2) is 4.79 Å². The summed E-state index contributed by atoms with van der Waals surface area (Å²) >= 11 is 11.9. The molecular formula is C25H22Cl2N2O5. The van der Waals surface area contributed by atoms with E-state index in [2.05, 4.69) is 10.6 Å². The fraction of sp³-hybridized carbons (Fsp3) is 0.160. The smallest absolute Gasteiger partial charge is 0.338 e. The van der Waals surface area contributed by atoms with E-state index < -0.39 is 23.9 Å². The zero-order chi connectivity index (χ0) is 24.7. The second kappa shape index (κ2) is 11.5. The maximum Gasteiger partial charge on any atom is 0.338 e. The molecule has 0 heterocycles. The number of ether oxygens (including phenoxy) is 2. The lowest BCUT2D eigenvalue weighted by molar-refractivity contribution is -0.123. The van der Waals surface area contributed by atoms with E-state index in [4.69, 9.17) is 32.7 Å². The molecule has 0 aliphatic heterocycles. The number of benzene rings is 3. The average molecular weight is 501 g/mol. The molecule has 176 valence electrons. The van der Waals surface area contributed by atoms with Crippen LogP contribution < -0.4 is 15.4 Å². The first-order valence-electron chi connectivity index (χ1n) is 10.4. The van der Waals surface area contributed by atoms with Gasteiger partial charge in [0.25, 0.3) is 11.8 Å². The van der Waals surface area contributed by atoms with Crippen molar-refractivity contribution < 1.29 is 23.9 Å². The Kier molecular flexibility index (Phi) is 8.51. The van der Waals surface area contributed by atoms with Crippen LogP contribution in [-0.4, -0.2) is 30.5 Å². The number of carbonyl (C=O) groups excluding carboxylic acids is 3. The van der Waals surface area contributed by atoms with E-state index in [0.29, 0.717) is 39.3 Å². The van der Waals surface area contributed by atoms with Gasteiger partial charge in [0.1, 0.15) is 5.75 Å². The number of hydrogen-bond donors (Lipinski definition) is 2. The number of hydrogen-bond acceptors (Lipinski definition) is 5. The molecule has 0 aliphatic rings. The molecule has 34 heavy (non-hydrogen) atoms. The minimum absolute atomic E-state index is 0.225. The molecule has 7 nitrogen and oxygen atoms in total. The van der Waals surface area contributed by atoms with Crippen molar-refractivity contribution in [3.63, 3.8) is 0 Å². The molecule has 3 aromatic carbocycles. The molecule has 3 aromatic rings. The van der Waals surface area contributed by atoms with E-state index in [9.17, 15) is 14.4 Å². The molecular weight excluding hydrogens is 479 g/mol. The lowest BCUT2D eigenvalue weighted by atomic mass is 10.2. The fourth-order valence-electron chi connectivity index (χ4n) is 2.95. The van der Waals surface area contributed by atoms with E-state index >= 15 is 0 Å². The lowest BCUT2D eigenvalue weighted by Crippen LogP contribution is -2.30. The first-order valence-corrected chi connectivity index (χ1v) is 11.1. The minimum Gasteiger partial charge on any atom is -0.494 e. The quantitative estimate of drug-likeness (QED) is 0.379. The Balaban J connectivity index is 1.76. The number of carbonyl (C=O) groups is 3. The first kappa shape index (κ1) is 25.1. The number of esters is 1. The Labute approximate surface area is 207 Å². The van der Waals surface area contributed by atoms with Crippen LogP contribution in [0.25, 0.3) is 0 Å². The van der Waals surface area contributed by atoms with Crippen molar-refractivity contribution in [1.82, 2.24) is 0 Å². The van der Waals surface area contributed by atoms with Crippen LogP contribution in [0.5, 0.6) is 5.75 Å². The topological polar surface area (TPSA) is 93.7 Å². The maximum absolute atomic E-state index is 12.7. The SMILES string of the molecule is CCOc1ccc(NC(=O)C(C)OC(=O)c2cccc(Cl)c2)c(NC(=O)c2cccc(Cl)c2)c1. The van der Waals surface area contributed by atoms with Gasteiger partial charge in [-0.2, -0.15) is 0 Å². The highest BCUT2D eigenvalue weighted by Gasteiger charge is 2.21. The van der Waals surface area contributed by atoms with Crippen molar-refractivity contribution in [3.8, 4) is 5.75 Å². The van der Waals surface area contributed by atoms with Crippen molar-refractivity contribution in [3.05, 3.63) is 87.9 Å². The summed E-state index contributed by atoms with van der Waals surface area (Å²) in [7, 11) is 0. The fourth-order valence-corrected chi connectivity index (χ4v) is 3.33. The second-order valence-electron chi connectivity index (χ2n) is 7.15. The van der Waals surface area contributed by atoms with E-state index in [1.165, 1.54) is 25.1 Å². The van der Waals surface area contributed by atoms with E-state index in [1.54, 1.807) is 48.5 Å². The molecule has 3 rings (SSSR count). The third-order valence-corrected chi connectivity index (χ3v) is 5.08. The molecule has 1 atom stereocenters. The maximum atomic E-state index is 12.7. The molecule has 0 radical (unpaired) electrons. The number of anilines is 2. The van der Waals surface area contributed by atoms with Gasteiger partial charge in [-0.05, 0) is 62.4 Å². The van der Waals surface area contributed by atoms with Crippen LogP contribution in [-0.2, 0) is 9.53 Å². The third-order valence-electron chi connectivity index (χ3n) is 4.61. The van der Waals surface area contributed by atoms with Crippen molar-refractivity contribution in [2.45, 2.75) is 20.0 Å². The molecule has 0 saturated heterocycles. The summed E-state index contributed by atoms with van der Waals surface area (Å²) in [5.74, 6) is -1.20. The van der Waals surface area contributed by atoms with Crippen molar-refractivity contribution in [2.24, 2.45) is 0 Å². The number of amides is 2. The van der Waals surface area contributed by atoms with Gasteiger partial charge in [-0.15, -0.1) is 0 Å². The highest BCUT2D eigenvalue weighted by atomic mass is 35.5. The standard InChI is InChI=1S/C25H22Cl2N2O5/c1-3-33-20-10-11-21(22(14-20)29-24(31)16-6-4-8-18(26)12-16)28-23(30)15(2)34-25(32)17-7-5-9-19(27)13-17/h4-15H,3H2,1-2H3,(H,28,30)(H,29,31). The summed E-state index contributed by atoms with van der Waals surface area (Å²) in [6.45, 7) is 3.69. The Morgan fingerprint density at radius 2 is 1.50 bits per heavy atom. The number of halogens is 2. The van der Waals surface area contributed by atoms with Gasteiger partial charge in [0, 0.05) is 21.7 Å². The number of nitrogens with one attached hydrogen (secondary N) is 2. The summed E-state index contributed by atoms with van der Waals surface area (Å²) in [6.07, 6.45) is -1.12. The lowest BCUT2D eigenvalue weighted by Gasteiger charge is -2.17. The predicted octanol–water partition coefficient (Wildman–Crippen LogP) is 5.83. The van der Waals surface area contributed by atoms with Crippen LogP contribution in [0.1, 0.15) is 34.6 Å². The Bertz CT molecular complexity index is 1220. The molecule has 0 spiro atoms. The largest absolute Gasteiger partial charge is 0.494 e. The Hall–Kier alpha value is -3.55. The summed E-state index contributed by atoms with van der Waals surface area (Å²) in [5.41, 5.74) is 1.17. The molecule has 0 aliphatic carbocycles. The molecule has 1 unspecified atom stereocenters. The first-order chi connectivity index (χ1) is 16.3. The van der Waals surface area contributed by atoms with E-state index in [-0.39, 0.29) is 5.56 Å². The van der Waals surface area contributed by atoms with E-state index in [0.717, 1.165) is 0 Å². The molecule has 0 fully saturated rings. The van der Waals surface area contributed by atoms with Gasteiger partial charge in [0.2, 0.25) is 0 Å². The zero-order valence-corrected chi connectivity index (χ0v) is 19.9. The Morgan fingerprint density at radius 3 is 2.15 bits per heavy atom. The van der Waals surface area contributed by atoms with Crippen LogP contribution in [0.3, 0.4) is 0 Å². The average Bonchev–Trinajstić information content (AvgIpc) is 2.80. The molecule has 0 aromatic heterocycles. The molecule has 9 heteroatoms. The predicted molar refractivity (Wildman–Crippen MR) is 132 cm³/mol. The van der Waals surface area contributed by atoms with Gasteiger partial charge in [-0.1, -0.05) is 35.3 Å². The zero-order valence-electron chi connectivity index (χ0n) is 18.4. The van der Waals surface area contributed by atoms with Crippen molar-refractivity contribution in [2.75, 3.05) is 17.2 Å². The third kappa shape index (κ3) is 6.73. The van der Waals surface area contributed by atoms with Gasteiger partial charge in [-0.3, -0.25) is 9.59 Å². The highest BCUT2D eigenvalue weighted by Crippen LogP contribution is 2.28. The van der Waals surface area contributed by atoms with Crippen LogP contribution in [0.2, 0.25) is 10.0 Å². The summed E-state index contributed by atoms with van der Waals surface area (Å²) < 4.78 is 10.8. The summed E-state index contributed by atoms with van der Waals surface area (Å²) in [5, 5.41) is 6.23. The van der Waals surface area contributed by atoms with Crippen molar-refractivity contribution >= 4 is 52.4 Å². The molecule has 0 bridgehead atoms. The second-order valence-corrected chi connectivity index (χ2v) is 8.02. The molecule has 0 saturated carbocycles. The van der Waals surface area contributed by atoms with Crippen LogP contribution in [0, 0.1) is 0 Å². The summed E-state index contributed by atoms with van der Waals surface area (Å²) in [6, 6.07) is 17.5. The van der Waals surface area contributed by atoms with Gasteiger partial charge < -0.3 is 20.1 Å². The van der Waals surface area contributed by atoms with Gasteiger partial charge in [0.05, 0.1) is 23.5 Å². The molecule has 2 amide bonds. The Morgan fingerprint density at radius 1 is 0.853 bits per heavy atom. The van der Waals surface area contributed by atoms with Gasteiger partial charge >= 0.3 is 5.97 Å². The summed E-state index contributed by atoms with van der Waals surface area (Å²) in [4.78, 5) is 37.8. The monoisotopic (exact) mass is 500 g/mol. The van der Waals surface area contributed by atoms with Crippen LogP contribution >= 0.6 is 23.2 Å². The normalized spacial score (nSPS) is 11.3. The van der Waals surface area contributed by atoms with Gasteiger partial charge in [0.15, 0.2) is 6.10 Å². The van der Waals surface area contributed by atoms with Crippen LogP contribution in [0.4, 0.5) is 11.4 Å².